The predicted molar refractivity (Wildman–Crippen MR) is 77.0 cm³/mol. The van der Waals surface area contributed by atoms with Crippen molar-refractivity contribution in [2.24, 2.45) is 0 Å². The Hall–Kier alpha value is -2.27. The van der Waals surface area contributed by atoms with Crippen LogP contribution in [0.1, 0.15) is 5.56 Å². The van der Waals surface area contributed by atoms with Gasteiger partial charge in [0, 0.05) is 32.3 Å². The van der Waals surface area contributed by atoms with Gasteiger partial charge in [-0.3, -0.25) is 14.9 Å². The number of aryl methyl sites for hydroxylation is 1. The summed E-state index contributed by atoms with van der Waals surface area (Å²) < 4.78 is 1.67. The van der Waals surface area contributed by atoms with E-state index in [1.165, 1.54) is 23.5 Å². The lowest BCUT2D eigenvalue weighted by Gasteiger charge is -2.01. The SMILES string of the molecule is Cc1ccc2sc3ccc([N+](=O)[O-])cc3c(=O)c2c1. The largest absolute Gasteiger partial charge is 0.288 e. The standard InChI is InChI=1S/C14H9NO3S/c1-8-2-4-12-10(6-8)14(16)11-7-9(15(17)18)3-5-13(11)19-12/h2-7H,1H3. The van der Waals surface area contributed by atoms with Gasteiger partial charge in [0.25, 0.3) is 5.69 Å². The molecule has 0 unspecified atom stereocenters. The van der Waals surface area contributed by atoms with E-state index < -0.39 is 4.92 Å². The molecule has 94 valence electrons. The van der Waals surface area contributed by atoms with Crippen LogP contribution in [0.25, 0.3) is 20.2 Å². The Labute approximate surface area is 112 Å². The minimum Gasteiger partial charge on any atom is -0.288 e. The van der Waals surface area contributed by atoms with Crippen molar-refractivity contribution in [1.29, 1.82) is 0 Å². The van der Waals surface area contributed by atoms with Gasteiger partial charge in [0.1, 0.15) is 0 Å². The Morgan fingerprint density at radius 3 is 2.37 bits per heavy atom. The summed E-state index contributed by atoms with van der Waals surface area (Å²) in [7, 11) is 0. The average molecular weight is 271 g/mol. The first-order valence-corrected chi connectivity index (χ1v) is 6.49. The lowest BCUT2D eigenvalue weighted by atomic mass is 10.1. The molecule has 0 aliphatic heterocycles. The third kappa shape index (κ3) is 1.88. The molecule has 4 nitrogen and oxygen atoms in total. The van der Waals surface area contributed by atoms with Crippen LogP contribution >= 0.6 is 11.3 Å². The molecule has 0 amide bonds. The smallest absolute Gasteiger partial charge is 0.270 e. The van der Waals surface area contributed by atoms with Gasteiger partial charge in [-0.15, -0.1) is 11.3 Å². The molecule has 1 heterocycles. The number of rotatable bonds is 1. The minimum atomic E-state index is -0.482. The Kier molecular flexibility index (Phi) is 2.57. The highest BCUT2D eigenvalue weighted by Gasteiger charge is 2.11. The summed E-state index contributed by atoms with van der Waals surface area (Å²) in [5.74, 6) is 0. The Bertz CT molecular complexity index is 883. The zero-order chi connectivity index (χ0) is 13.6. The second kappa shape index (κ2) is 4.13. The van der Waals surface area contributed by atoms with E-state index in [-0.39, 0.29) is 11.1 Å². The van der Waals surface area contributed by atoms with Gasteiger partial charge in [0.2, 0.25) is 0 Å². The Morgan fingerprint density at radius 2 is 1.68 bits per heavy atom. The molecule has 0 bridgehead atoms. The maximum atomic E-state index is 12.4. The van der Waals surface area contributed by atoms with E-state index >= 15 is 0 Å². The van der Waals surface area contributed by atoms with E-state index in [2.05, 4.69) is 0 Å². The number of hydrogen-bond acceptors (Lipinski definition) is 4. The van der Waals surface area contributed by atoms with Crippen molar-refractivity contribution in [3.8, 4) is 0 Å². The van der Waals surface area contributed by atoms with E-state index in [9.17, 15) is 14.9 Å². The van der Waals surface area contributed by atoms with Crippen LogP contribution in [0.4, 0.5) is 5.69 Å². The van der Waals surface area contributed by atoms with Crippen LogP contribution < -0.4 is 5.43 Å². The number of non-ortho nitro benzene ring substituents is 1. The summed E-state index contributed by atoms with van der Waals surface area (Å²) in [6.07, 6.45) is 0. The third-order valence-corrected chi connectivity index (χ3v) is 4.17. The van der Waals surface area contributed by atoms with Crippen LogP contribution in [0.2, 0.25) is 0 Å². The van der Waals surface area contributed by atoms with Crippen LogP contribution in [0.3, 0.4) is 0 Å². The molecule has 0 aliphatic carbocycles. The lowest BCUT2D eigenvalue weighted by molar-refractivity contribution is -0.384. The maximum absolute atomic E-state index is 12.4. The fraction of sp³-hybridized carbons (Fsp3) is 0.0714. The summed E-state index contributed by atoms with van der Waals surface area (Å²) >= 11 is 1.47. The molecular formula is C14H9NO3S. The van der Waals surface area contributed by atoms with E-state index in [0.717, 1.165) is 15.0 Å². The Morgan fingerprint density at radius 1 is 1.05 bits per heavy atom. The molecule has 0 saturated carbocycles. The molecule has 3 rings (SSSR count). The van der Waals surface area contributed by atoms with E-state index in [1.807, 2.05) is 25.1 Å². The van der Waals surface area contributed by atoms with E-state index in [4.69, 9.17) is 0 Å². The molecule has 0 spiro atoms. The normalized spacial score (nSPS) is 11.0. The molecule has 0 fully saturated rings. The summed E-state index contributed by atoms with van der Waals surface area (Å²) in [4.78, 5) is 22.7. The summed E-state index contributed by atoms with van der Waals surface area (Å²) in [6.45, 7) is 1.92. The van der Waals surface area contributed by atoms with Crippen molar-refractivity contribution < 1.29 is 4.92 Å². The molecule has 0 aliphatic rings. The first-order valence-electron chi connectivity index (χ1n) is 5.68. The second-order valence-corrected chi connectivity index (χ2v) is 5.45. The quantitative estimate of drug-likeness (QED) is 0.386. The molecule has 0 saturated heterocycles. The molecule has 1 aromatic heterocycles. The second-order valence-electron chi connectivity index (χ2n) is 4.37. The Balaban J connectivity index is 2.48. The van der Waals surface area contributed by atoms with Crippen molar-refractivity contribution in [2.75, 3.05) is 0 Å². The van der Waals surface area contributed by atoms with Crippen LogP contribution in [-0.2, 0) is 0 Å². The summed E-state index contributed by atoms with van der Waals surface area (Å²) in [6, 6.07) is 10.1. The van der Waals surface area contributed by atoms with Gasteiger partial charge < -0.3 is 0 Å². The predicted octanol–water partition coefficient (Wildman–Crippen LogP) is 3.63. The fourth-order valence-electron chi connectivity index (χ4n) is 2.07. The number of nitro groups is 1. The first kappa shape index (κ1) is 11.8. The molecule has 5 heteroatoms. The average Bonchev–Trinajstić information content (AvgIpc) is 2.39. The molecule has 19 heavy (non-hydrogen) atoms. The number of benzene rings is 2. The first-order chi connectivity index (χ1) is 9.06. The lowest BCUT2D eigenvalue weighted by Crippen LogP contribution is -2.02. The van der Waals surface area contributed by atoms with Gasteiger partial charge in [-0.05, 0) is 25.1 Å². The van der Waals surface area contributed by atoms with Gasteiger partial charge in [-0.1, -0.05) is 11.6 Å². The highest BCUT2D eigenvalue weighted by atomic mass is 32.1. The van der Waals surface area contributed by atoms with Crippen LogP contribution in [-0.4, -0.2) is 4.92 Å². The van der Waals surface area contributed by atoms with Gasteiger partial charge in [-0.2, -0.15) is 0 Å². The van der Waals surface area contributed by atoms with Crippen molar-refractivity contribution in [3.63, 3.8) is 0 Å². The molecule has 3 aromatic rings. The van der Waals surface area contributed by atoms with Gasteiger partial charge in [-0.25, -0.2) is 0 Å². The third-order valence-electron chi connectivity index (χ3n) is 3.02. The highest BCUT2D eigenvalue weighted by molar-refractivity contribution is 7.24. The topological polar surface area (TPSA) is 60.2 Å². The van der Waals surface area contributed by atoms with Crippen LogP contribution in [0.5, 0.6) is 0 Å². The summed E-state index contributed by atoms with van der Waals surface area (Å²) in [5.41, 5.74) is 0.807. The van der Waals surface area contributed by atoms with Crippen molar-refractivity contribution in [3.05, 3.63) is 62.3 Å². The zero-order valence-corrected chi connectivity index (χ0v) is 10.9. The summed E-state index contributed by atoms with van der Waals surface area (Å²) in [5, 5.41) is 11.8. The molecule has 0 atom stereocenters. The minimum absolute atomic E-state index is 0.0520. The number of nitro benzene ring substituents is 1. The number of hydrogen-bond donors (Lipinski definition) is 0. The zero-order valence-electron chi connectivity index (χ0n) is 10.0. The molecular weight excluding hydrogens is 262 g/mol. The molecule has 2 aromatic carbocycles. The number of fused-ring (bicyclic) bond motifs is 2. The highest BCUT2D eigenvalue weighted by Crippen LogP contribution is 2.27. The van der Waals surface area contributed by atoms with Crippen molar-refractivity contribution >= 4 is 37.2 Å². The van der Waals surface area contributed by atoms with Crippen molar-refractivity contribution in [2.45, 2.75) is 6.92 Å². The van der Waals surface area contributed by atoms with Crippen LogP contribution in [0, 0.1) is 17.0 Å². The number of nitrogens with zero attached hydrogens (tertiary/aromatic N) is 1. The van der Waals surface area contributed by atoms with E-state index in [0.29, 0.717) is 10.8 Å². The monoisotopic (exact) mass is 271 g/mol. The fourth-order valence-corrected chi connectivity index (χ4v) is 3.10. The van der Waals surface area contributed by atoms with Gasteiger partial charge in [0.05, 0.1) is 4.92 Å². The van der Waals surface area contributed by atoms with Crippen molar-refractivity contribution in [1.82, 2.24) is 0 Å². The van der Waals surface area contributed by atoms with Gasteiger partial charge in [0.15, 0.2) is 5.43 Å². The van der Waals surface area contributed by atoms with Crippen LogP contribution in [0.15, 0.2) is 41.2 Å². The molecule has 0 radical (unpaired) electrons. The van der Waals surface area contributed by atoms with Gasteiger partial charge >= 0.3 is 0 Å². The van der Waals surface area contributed by atoms with E-state index in [1.54, 1.807) is 6.07 Å². The molecule has 0 N–H and O–H groups in total. The maximum Gasteiger partial charge on any atom is 0.270 e.